The number of hydrogen-bond donors (Lipinski definition) is 1. The molecule has 222 valence electrons. The molecular weight excluding hydrogens is 540 g/mol. The maximum atomic E-state index is 12.9. The molecular formula is C33H38N8O2. The van der Waals surface area contributed by atoms with Gasteiger partial charge in [0.1, 0.15) is 12.4 Å². The molecule has 0 radical (unpaired) electrons. The van der Waals surface area contributed by atoms with Crippen LogP contribution in [0.4, 0.5) is 11.5 Å². The summed E-state index contributed by atoms with van der Waals surface area (Å²) in [5.74, 6) is 0.894. The first kappa shape index (κ1) is 27.6. The van der Waals surface area contributed by atoms with E-state index in [1.165, 1.54) is 34.5 Å². The minimum Gasteiger partial charge on any atom is -0.462 e. The van der Waals surface area contributed by atoms with Gasteiger partial charge in [-0.2, -0.15) is 15.2 Å². The molecule has 43 heavy (non-hydrogen) atoms. The normalized spacial score (nSPS) is 23.0. The summed E-state index contributed by atoms with van der Waals surface area (Å²) in [6.45, 7) is 7.57. The van der Waals surface area contributed by atoms with Gasteiger partial charge in [0.15, 0.2) is 0 Å². The molecule has 0 saturated carbocycles. The zero-order valence-corrected chi connectivity index (χ0v) is 24.9. The fourth-order valence-electron chi connectivity index (χ4n) is 6.83. The van der Waals surface area contributed by atoms with Gasteiger partial charge < -0.3 is 29.7 Å². The van der Waals surface area contributed by atoms with Crippen molar-refractivity contribution in [3.63, 3.8) is 0 Å². The number of nitriles is 1. The van der Waals surface area contributed by atoms with Gasteiger partial charge in [-0.3, -0.25) is 4.79 Å². The van der Waals surface area contributed by atoms with Crippen molar-refractivity contribution in [1.29, 1.82) is 5.26 Å². The molecule has 3 saturated heterocycles. The largest absolute Gasteiger partial charge is 0.462 e. The highest BCUT2D eigenvalue weighted by atomic mass is 16.5. The smallest absolute Gasteiger partial charge is 0.318 e. The van der Waals surface area contributed by atoms with E-state index in [2.05, 4.69) is 76.5 Å². The first-order chi connectivity index (χ1) is 21.0. The fourth-order valence-corrected chi connectivity index (χ4v) is 6.83. The molecule has 2 atom stereocenters. The van der Waals surface area contributed by atoms with Gasteiger partial charge in [0.05, 0.1) is 36.6 Å². The number of nitrogens with zero attached hydrogens (tertiary/aromatic N) is 7. The van der Waals surface area contributed by atoms with Crippen LogP contribution in [-0.4, -0.2) is 90.7 Å². The van der Waals surface area contributed by atoms with Crippen molar-refractivity contribution in [3.8, 4) is 12.1 Å². The van der Waals surface area contributed by atoms with Crippen LogP contribution in [0, 0.1) is 18.3 Å². The topological polar surface area (TPSA) is 111 Å². The third-order valence-electron chi connectivity index (χ3n) is 9.33. The highest BCUT2D eigenvalue weighted by Gasteiger charge is 2.37. The third kappa shape index (κ3) is 5.39. The number of aryl methyl sites for hydroxylation is 1. The Hall–Kier alpha value is -4.20. The minimum atomic E-state index is -0.141. The molecule has 7 rings (SSSR count). The molecule has 0 aliphatic carbocycles. The van der Waals surface area contributed by atoms with Crippen molar-refractivity contribution in [3.05, 3.63) is 65.0 Å². The van der Waals surface area contributed by atoms with Crippen molar-refractivity contribution in [2.45, 2.75) is 44.8 Å². The number of ether oxygens (including phenoxy) is 1. The minimum absolute atomic E-state index is 0.0385. The Morgan fingerprint density at radius 3 is 2.72 bits per heavy atom. The number of piperazine rings is 1. The van der Waals surface area contributed by atoms with Crippen LogP contribution in [0.15, 0.2) is 48.2 Å². The molecule has 4 aliphatic heterocycles. The van der Waals surface area contributed by atoms with Crippen LogP contribution >= 0.6 is 0 Å². The molecule has 0 unspecified atom stereocenters. The van der Waals surface area contributed by atoms with E-state index in [-0.39, 0.29) is 11.9 Å². The molecule has 0 bridgehead atoms. The van der Waals surface area contributed by atoms with Gasteiger partial charge in [-0.25, -0.2) is 0 Å². The van der Waals surface area contributed by atoms with E-state index in [0.29, 0.717) is 57.1 Å². The number of fused-ring (bicyclic) bond motifs is 2. The first-order valence-corrected chi connectivity index (χ1v) is 15.3. The standard InChI is InChI=1S/C33H38N8O2/c1-22-6-3-7-23-8-4-10-29(30(22)23)39-15-12-26-28(20-39)36-33(43-21-25-9-5-14-38(25)2)37-31(26)40-16-17-41(24(19-40)11-13-34)32(42)27-18-35-27/h3-4,6-8,10-11,25,27,35H,5,9,12,14-21H2,1-2H3/b24-11+/t25-,27+/m0/s1. The summed E-state index contributed by atoms with van der Waals surface area (Å²) >= 11 is 0. The summed E-state index contributed by atoms with van der Waals surface area (Å²) in [5.41, 5.74) is 5.29. The Kier molecular flexibility index (Phi) is 7.37. The van der Waals surface area contributed by atoms with Crippen molar-refractivity contribution < 1.29 is 9.53 Å². The second-order valence-electron chi connectivity index (χ2n) is 12.1. The molecule has 10 heteroatoms. The Labute approximate surface area is 252 Å². The van der Waals surface area contributed by atoms with E-state index in [1.54, 1.807) is 4.90 Å². The molecule has 0 spiro atoms. The zero-order chi connectivity index (χ0) is 29.5. The second kappa shape index (κ2) is 11.5. The molecule has 10 nitrogen and oxygen atoms in total. The molecule has 1 amide bonds. The van der Waals surface area contributed by atoms with Crippen molar-refractivity contribution in [1.82, 2.24) is 25.1 Å². The number of hydrogen-bond acceptors (Lipinski definition) is 9. The molecule has 2 aromatic carbocycles. The quantitative estimate of drug-likeness (QED) is 0.349. The van der Waals surface area contributed by atoms with Crippen LogP contribution in [0.1, 0.15) is 29.7 Å². The predicted octanol–water partition coefficient (Wildman–Crippen LogP) is 3.00. The summed E-state index contributed by atoms with van der Waals surface area (Å²) in [5, 5.41) is 15.2. The van der Waals surface area contributed by atoms with Crippen LogP contribution in [-0.2, 0) is 17.8 Å². The van der Waals surface area contributed by atoms with Crippen LogP contribution in [0.3, 0.4) is 0 Å². The van der Waals surface area contributed by atoms with Crippen LogP contribution in [0.5, 0.6) is 6.01 Å². The summed E-state index contributed by atoms with van der Waals surface area (Å²) in [4.78, 5) is 31.7. The molecule has 4 aliphatic rings. The van der Waals surface area contributed by atoms with Crippen LogP contribution in [0.2, 0.25) is 0 Å². The SMILES string of the molecule is Cc1cccc2cccc(N3CCc4c(nc(OC[C@@H]5CCCN5C)nc4N4CCN(C(=O)[C@H]5CN5)/C(=C/C#N)C4)C3)c12. The predicted molar refractivity (Wildman–Crippen MR) is 166 cm³/mol. The van der Waals surface area contributed by atoms with Crippen LogP contribution < -0.4 is 19.9 Å². The summed E-state index contributed by atoms with van der Waals surface area (Å²) in [6, 6.07) is 15.7. The zero-order valence-electron chi connectivity index (χ0n) is 24.9. The number of likely N-dealkylation sites (tertiary alicyclic amines) is 1. The Bertz CT molecular complexity index is 1620. The van der Waals surface area contributed by atoms with Gasteiger partial charge in [-0.15, -0.1) is 0 Å². The summed E-state index contributed by atoms with van der Waals surface area (Å²) in [7, 11) is 2.14. The van der Waals surface area contributed by atoms with Gasteiger partial charge in [0, 0.05) is 54.9 Å². The summed E-state index contributed by atoms with van der Waals surface area (Å²) in [6.07, 6.45) is 4.57. The van der Waals surface area contributed by atoms with Gasteiger partial charge in [-0.05, 0) is 56.8 Å². The molecule has 1 aromatic heterocycles. The second-order valence-corrected chi connectivity index (χ2v) is 12.1. The van der Waals surface area contributed by atoms with E-state index in [4.69, 9.17) is 14.7 Å². The van der Waals surface area contributed by atoms with E-state index in [9.17, 15) is 10.1 Å². The lowest BCUT2D eigenvalue weighted by Gasteiger charge is -2.39. The lowest BCUT2D eigenvalue weighted by molar-refractivity contribution is -0.129. The highest BCUT2D eigenvalue weighted by molar-refractivity contribution is 5.97. The summed E-state index contributed by atoms with van der Waals surface area (Å²) < 4.78 is 6.31. The Morgan fingerprint density at radius 1 is 1.12 bits per heavy atom. The van der Waals surface area contributed by atoms with Crippen molar-refractivity contribution >= 4 is 28.2 Å². The fraction of sp³-hybridized carbons (Fsp3) is 0.455. The van der Waals surface area contributed by atoms with Crippen molar-refractivity contribution in [2.24, 2.45) is 0 Å². The van der Waals surface area contributed by atoms with Gasteiger partial charge in [0.2, 0.25) is 5.91 Å². The number of carbonyl (C=O) groups is 1. The average Bonchev–Trinajstić information content (AvgIpc) is 3.80. The van der Waals surface area contributed by atoms with E-state index < -0.39 is 0 Å². The maximum absolute atomic E-state index is 12.9. The molecule has 5 heterocycles. The van der Waals surface area contributed by atoms with E-state index in [0.717, 1.165) is 43.0 Å². The highest BCUT2D eigenvalue weighted by Crippen LogP contribution is 2.36. The number of rotatable bonds is 6. The Balaban J connectivity index is 1.22. The number of amides is 1. The van der Waals surface area contributed by atoms with Gasteiger partial charge >= 0.3 is 6.01 Å². The third-order valence-corrected chi connectivity index (χ3v) is 9.33. The number of aromatic nitrogens is 2. The number of likely N-dealkylation sites (N-methyl/N-ethyl adjacent to an activating group) is 1. The lowest BCUT2D eigenvalue weighted by Crippen LogP contribution is -2.49. The maximum Gasteiger partial charge on any atom is 0.318 e. The molecule has 3 aromatic rings. The number of benzene rings is 2. The number of allylic oxidation sites excluding steroid dienone is 1. The first-order valence-electron chi connectivity index (χ1n) is 15.3. The van der Waals surface area contributed by atoms with E-state index >= 15 is 0 Å². The van der Waals surface area contributed by atoms with Gasteiger partial charge in [0.25, 0.3) is 0 Å². The monoisotopic (exact) mass is 578 g/mol. The molecule has 3 fully saturated rings. The van der Waals surface area contributed by atoms with Gasteiger partial charge in [-0.1, -0.05) is 30.3 Å². The Morgan fingerprint density at radius 2 is 1.95 bits per heavy atom. The number of anilines is 2. The lowest BCUT2D eigenvalue weighted by atomic mass is 9.99. The van der Waals surface area contributed by atoms with Crippen LogP contribution in [0.25, 0.3) is 10.8 Å². The van der Waals surface area contributed by atoms with E-state index in [1.807, 2.05) is 0 Å². The average molecular weight is 579 g/mol. The van der Waals surface area contributed by atoms with Crippen molar-refractivity contribution in [2.75, 3.05) is 62.7 Å². The number of carbonyl (C=O) groups excluding carboxylic acids is 1. The molecule has 1 N–H and O–H groups in total. The number of nitrogens with one attached hydrogen (secondary N) is 1.